The van der Waals surface area contributed by atoms with Crippen LogP contribution in [0.2, 0.25) is 0 Å². The lowest BCUT2D eigenvalue weighted by molar-refractivity contribution is 0.674. The average molecular weight is 768 g/mol. The summed E-state index contributed by atoms with van der Waals surface area (Å²) < 4.78 is 11.8. The molecule has 0 fully saturated rings. The molecule has 12 rings (SSSR count). The molecule has 0 bridgehead atoms. The van der Waals surface area contributed by atoms with Crippen LogP contribution in [0.25, 0.3) is 88.4 Å². The van der Waals surface area contributed by atoms with Gasteiger partial charge in [0.2, 0.25) is 0 Å². The minimum atomic E-state index is 0.867. The summed E-state index contributed by atoms with van der Waals surface area (Å²) in [6.07, 6.45) is 0. The Morgan fingerprint density at radius 3 is 1.48 bits per heavy atom. The molecule has 9 aromatic carbocycles. The van der Waals surface area contributed by atoms with Gasteiger partial charge in [-0.3, -0.25) is 0 Å². The van der Waals surface area contributed by atoms with Crippen LogP contribution in [0.15, 0.2) is 229 Å². The van der Waals surface area contributed by atoms with Crippen LogP contribution in [0.4, 0.5) is 17.1 Å². The molecule has 4 nitrogen and oxygen atoms in total. The number of anilines is 3. The van der Waals surface area contributed by atoms with Gasteiger partial charge in [-0.2, -0.15) is 0 Å². The van der Waals surface area contributed by atoms with Crippen molar-refractivity contribution in [2.45, 2.75) is 0 Å². The Morgan fingerprint density at radius 2 is 0.800 bits per heavy atom. The molecule has 0 amide bonds. The first-order chi connectivity index (χ1) is 29.8. The standard InChI is InChI=1S/C56H37N3O/c1-3-16-38(17-4-1)39-30-32-41(33-31-39)57(42-34-36-43(37-35-42)58-51-27-12-7-20-44(51)45-21-8-13-28-52(45)58)50-26-11-9-22-46(50)47-24-15-25-49-54-56(60-55(47)49)48-23-10-14-29-53(48)59(54)40-18-5-2-6-19-40/h1-37H. The van der Waals surface area contributed by atoms with Crippen molar-refractivity contribution < 1.29 is 4.42 Å². The van der Waals surface area contributed by atoms with Gasteiger partial charge in [-0.1, -0.05) is 140 Å². The fourth-order valence-electron chi connectivity index (χ4n) is 9.26. The zero-order chi connectivity index (χ0) is 39.6. The number of fused-ring (bicyclic) bond motifs is 8. The summed E-state index contributed by atoms with van der Waals surface area (Å²) in [7, 11) is 0. The summed E-state index contributed by atoms with van der Waals surface area (Å²) in [6, 6.07) is 80.2. The number of aromatic nitrogens is 2. The van der Waals surface area contributed by atoms with Crippen molar-refractivity contribution in [3.05, 3.63) is 224 Å². The first kappa shape index (κ1) is 34.0. The van der Waals surface area contributed by atoms with Crippen LogP contribution in [0.1, 0.15) is 0 Å². The lowest BCUT2D eigenvalue weighted by atomic mass is 9.99. The quantitative estimate of drug-likeness (QED) is 0.161. The first-order valence-corrected chi connectivity index (χ1v) is 20.4. The number of benzene rings is 9. The third kappa shape index (κ3) is 5.32. The molecule has 0 aliphatic heterocycles. The van der Waals surface area contributed by atoms with Crippen molar-refractivity contribution in [2.24, 2.45) is 0 Å². The zero-order valence-electron chi connectivity index (χ0n) is 32.6. The number of rotatable bonds is 7. The van der Waals surface area contributed by atoms with Crippen molar-refractivity contribution >= 4 is 71.8 Å². The highest BCUT2D eigenvalue weighted by Gasteiger charge is 2.24. The van der Waals surface area contributed by atoms with Crippen molar-refractivity contribution in [3.8, 4) is 33.6 Å². The minimum Gasteiger partial charge on any atom is -0.453 e. The Hall–Kier alpha value is -8.08. The number of hydrogen-bond donors (Lipinski definition) is 0. The second-order valence-corrected chi connectivity index (χ2v) is 15.3. The van der Waals surface area contributed by atoms with E-state index >= 15 is 0 Å². The van der Waals surface area contributed by atoms with E-state index in [0.29, 0.717) is 0 Å². The van der Waals surface area contributed by atoms with Gasteiger partial charge in [-0.05, 0) is 96.1 Å². The molecule has 0 atom stereocenters. The summed E-state index contributed by atoms with van der Waals surface area (Å²) in [5.41, 5.74) is 16.2. The van der Waals surface area contributed by atoms with Gasteiger partial charge >= 0.3 is 0 Å². The Morgan fingerprint density at radius 1 is 0.317 bits per heavy atom. The predicted molar refractivity (Wildman–Crippen MR) is 250 cm³/mol. The second kappa shape index (κ2) is 13.8. The molecule has 12 aromatic rings. The van der Waals surface area contributed by atoms with Gasteiger partial charge in [0.25, 0.3) is 0 Å². The highest BCUT2D eigenvalue weighted by Crippen LogP contribution is 2.47. The minimum absolute atomic E-state index is 0.867. The lowest BCUT2D eigenvalue weighted by Crippen LogP contribution is -2.11. The Kier molecular flexibility index (Phi) is 7.82. The van der Waals surface area contributed by atoms with Crippen LogP contribution in [0.5, 0.6) is 0 Å². The van der Waals surface area contributed by atoms with Crippen LogP contribution in [-0.4, -0.2) is 9.13 Å². The lowest BCUT2D eigenvalue weighted by Gasteiger charge is -2.28. The van der Waals surface area contributed by atoms with E-state index in [2.05, 4.69) is 238 Å². The summed E-state index contributed by atoms with van der Waals surface area (Å²) in [4.78, 5) is 2.38. The van der Waals surface area contributed by atoms with E-state index in [4.69, 9.17) is 4.42 Å². The SMILES string of the molecule is c1ccc(-c2ccc(N(c3ccc(-n4c5ccccc5c5ccccc54)cc3)c3ccccc3-c3cccc4c3oc3c5ccccc5n(-c5ccccc5)c43)cc2)cc1. The summed E-state index contributed by atoms with van der Waals surface area (Å²) in [5, 5.41) is 4.67. The van der Waals surface area contributed by atoms with Crippen LogP contribution in [-0.2, 0) is 0 Å². The van der Waals surface area contributed by atoms with Gasteiger partial charge in [-0.15, -0.1) is 0 Å². The van der Waals surface area contributed by atoms with E-state index in [-0.39, 0.29) is 0 Å². The van der Waals surface area contributed by atoms with Crippen molar-refractivity contribution in [3.63, 3.8) is 0 Å². The van der Waals surface area contributed by atoms with Gasteiger partial charge in [0, 0.05) is 55.4 Å². The largest absolute Gasteiger partial charge is 0.453 e. The van der Waals surface area contributed by atoms with Crippen molar-refractivity contribution in [2.75, 3.05) is 4.90 Å². The van der Waals surface area contributed by atoms with E-state index in [9.17, 15) is 0 Å². The van der Waals surface area contributed by atoms with E-state index in [1.807, 2.05) is 0 Å². The molecule has 0 saturated carbocycles. The van der Waals surface area contributed by atoms with Crippen LogP contribution >= 0.6 is 0 Å². The average Bonchev–Trinajstić information content (AvgIpc) is 3.98. The van der Waals surface area contributed by atoms with Crippen LogP contribution < -0.4 is 4.90 Å². The Labute approximate surface area is 347 Å². The Balaban J connectivity index is 1.05. The molecule has 0 saturated heterocycles. The monoisotopic (exact) mass is 767 g/mol. The maximum absolute atomic E-state index is 7.05. The van der Waals surface area contributed by atoms with Gasteiger partial charge in [-0.25, -0.2) is 0 Å². The number of hydrogen-bond acceptors (Lipinski definition) is 2. The van der Waals surface area contributed by atoms with Gasteiger partial charge in [0.05, 0.1) is 22.2 Å². The molecule has 3 heterocycles. The molecular weight excluding hydrogens is 731 g/mol. The van der Waals surface area contributed by atoms with Crippen LogP contribution in [0.3, 0.4) is 0 Å². The molecule has 0 spiro atoms. The predicted octanol–water partition coefficient (Wildman–Crippen LogP) is 15.4. The van der Waals surface area contributed by atoms with E-state index in [1.54, 1.807) is 0 Å². The van der Waals surface area contributed by atoms with Crippen molar-refractivity contribution in [1.29, 1.82) is 0 Å². The Bertz CT molecular complexity index is 3470. The zero-order valence-corrected chi connectivity index (χ0v) is 32.6. The molecule has 0 N–H and O–H groups in total. The number of furan rings is 1. The molecule has 0 unspecified atom stereocenters. The van der Waals surface area contributed by atoms with Crippen molar-refractivity contribution in [1.82, 2.24) is 9.13 Å². The fourth-order valence-corrected chi connectivity index (χ4v) is 9.26. The first-order valence-electron chi connectivity index (χ1n) is 20.4. The molecule has 0 aliphatic rings. The third-order valence-electron chi connectivity index (χ3n) is 11.9. The third-order valence-corrected chi connectivity index (χ3v) is 11.9. The van der Waals surface area contributed by atoms with Gasteiger partial charge in [0.1, 0.15) is 11.1 Å². The van der Waals surface area contributed by atoms with Gasteiger partial charge in [0.15, 0.2) is 5.58 Å². The molecule has 0 aliphatic carbocycles. The highest BCUT2D eigenvalue weighted by molar-refractivity contribution is 6.19. The van der Waals surface area contributed by atoms with E-state index in [1.165, 1.54) is 32.9 Å². The number of nitrogens with zero attached hydrogens (tertiary/aromatic N) is 3. The topological polar surface area (TPSA) is 26.2 Å². The second-order valence-electron chi connectivity index (χ2n) is 15.3. The number of para-hydroxylation sites is 6. The van der Waals surface area contributed by atoms with E-state index in [0.717, 1.165) is 72.5 Å². The van der Waals surface area contributed by atoms with Gasteiger partial charge < -0.3 is 18.5 Å². The summed E-state index contributed by atoms with van der Waals surface area (Å²) in [6.45, 7) is 0. The highest BCUT2D eigenvalue weighted by atomic mass is 16.3. The maximum Gasteiger partial charge on any atom is 0.161 e. The molecule has 60 heavy (non-hydrogen) atoms. The summed E-state index contributed by atoms with van der Waals surface area (Å²) in [5.74, 6) is 0. The summed E-state index contributed by atoms with van der Waals surface area (Å²) >= 11 is 0. The molecule has 282 valence electrons. The molecular formula is C56H37N3O. The smallest absolute Gasteiger partial charge is 0.161 e. The van der Waals surface area contributed by atoms with Crippen LogP contribution in [0, 0.1) is 0 Å². The van der Waals surface area contributed by atoms with E-state index < -0.39 is 0 Å². The molecule has 0 radical (unpaired) electrons. The molecule has 3 aromatic heterocycles. The maximum atomic E-state index is 7.05. The molecule has 4 heteroatoms. The normalized spacial score (nSPS) is 11.7. The fraction of sp³-hybridized carbons (Fsp3) is 0.